The molecular formula is C9H13F3N6S. The van der Waals surface area contributed by atoms with Gasteiger partial charge in [-0.2, -0.15) is 13.2 Å². The van der Waals surface area contributed by atoms with Crippen LogP contribution in [0.5, 0.6) is 0 Å². The Hall–Kier alpha value is -1.55. The van der Waals surface area contributed by atoms with Gasteiger partial charge >= 0.3 is 6.18 Å². The van der Waals surface area contributed by atoms with E-state index >= 15 is 0 Å². The van der Waals surface area contributed by atoms with Gasteiger partial charge in [0.05, 0.1) is 0 Å². The molecule has 1 aromatic rings. The van der Waals surface area contributed by atoms with Crippen LogP contribution in [0.3, 0.4) is 0 Å². The molecule has 0 radical (unpaired) electrons. The maximum absolute atomic E-state index is 11.9. The van der Waals surface area contributed by atoms with Gasteiger partial charge in [0.2, 0.25) is 0 Å². The van der Waals surface area contributed by atoms with Crippen molar-refractivity contribution < 1.29 is 13.2 Å². The van der Waals surface area contributed by atoms with Crippen molar-refractivity contribution in [2.45, 2.75) is 11.3 Å². The summed E-state index contributed by atoms with van der Waals surface area (Å²) in [5.74, 6) is 0.560. The molecule has 0 fully saturated rings. The maximum Gasteiger partial charge on any atom is 0.408 e. The van der Waals surface area contributed by atoms with Gasteiger partial charge in [0.1, 0.15) is 12.4 Å². The molecule has 0 aliphatic rings. The lowest BCUT2D eigenvalue weighted by atomic mass is 10.6. The monoisotopic (exact) mass is 294 g/mol. The van der Waals surface area contributed by atoms with Crippen molar-refractivity contribution in [3.05, 3.63) is 12.3 Å². The van der Waals surface area contributed by atoms with Gasteiger partial charge in [-0.3, -0.25) is 0 Å². The Kier molecular flexibility index (Phi) is 5.83. The Bertz CT molecular complexity index is 436. The highest BCUT2D eigenvalue weighted by Gasteiger charge is 2.26. The lowest BCUT2D eigenvalue weighted by Gasteiger charge is -2.07. The second kappa shape index (κ2) is 7.14. The smallest absolute Gasteiger partial charge is 0.370 e. The fraction of sp³-hybridized carbons (Fsp3) is 0.444. The fourth-order valence-corrected chi connectivity index (χ4v) is 1.57. The number of aromatic nitrogens is 2. The topological polar surface area (TPSA) is 102 Å². The number of nitrogens with zero attached hydrogens (tertiary/aromatic N) is 3. The highest BCUT2D eigenvalue weighted by molar-refractivity contribution is 7.99. The quantitative estimate of drug-likeness (QED) is 0.321. The lowest BCUT2D eigenvalue weighted by Crippen LogP contribution is -2.26. The van der Waals surface area contributed by atoms with E-state index in [0.717, 1.165) is 0 Å². The Morgan fingerprint density at radius 3 is 2.84 bits per heavy atom. The van der Waals surface area contributed by atoms with E-state index in [4.69, 9.17) is 11.5 Å². The minimum Gasteiger partial charge on any atom is -0.370 e. The number of anilines is 1. The summed E-state index contributed by atoms with van der Waals surface area (Å²) < 4.78 is 35.8. The van der Waals surface area contributed by atoms with Gasteiger partial charge < -0.3 is 16.8 Å². The molecule has 0 amide bonds. The second-order valence-electron chi connectivity index (χ2n) is 3.30. The largest absolute Gasteiger partial charge is 0.408 e. The summed E-state index contributed by atoms with van der Waals surface area (Å²) in [5.41, 5.74) is 10.7. The average molecular weight is 294 g/mol. The van der Waals surface area contributed by atoms with Crippen molar-refractivity contribution in [3.8, 4) is 0 Å². The standard InChI is InChI=1S/C9H13F3N6S/c10-9(11,12)5-16-7(14)17-6-1-3-15-8(18-6)19-4-2-13/h1,3H,2,4-5,13H2,(H3,14,15,16,17,18). The van der Waals surface area contributed by atoms with Crippen LogP contribution in [-0.4, -0.2) is 40.9 Å². The van der Waals surface area contributed by atoms with Crippen molar-refractivity contribution in [3.63, 3.8) is 0 Å². The van der Waals surface area contributed by atoms with Crippen molar-refractivity contribution >= 4 is 23.5 Å². The van der Waals surface area contributed by atoms with Crippen LogP contribution >= 0.6 is 11.8 Å². The van der Waals surface area contributed by atoms with Crippen molar-refractivity contribution in [1.82, 2.24) is 9.97 Å². The second-order valence-corrected chi connectivity index (χ2v) is 4.37. The first-order valence-corrected chi connectivity index (χ1v) is 6.19. The zero-order valence-corrected chi connectivity index (χ0v) is 10.6. The first-order valence-electron chi connectivity index (χ1n) is 5.20. The van der Waals surface area contributed by atoms with Crippen LogP contribution in [0.1, 0.15) is 0 Å². The molecule has 0 atom stereocenters. The summed E-state index contributed by atoms with van der Waals surface area (Å²) in [4.78, 5) is 11.2. The molecule has 19 heavy (non-hydrogen) atoms. The maximum atomic E-state index is 11.9. The van der Waals surface area contributed by atoms with E-state index in [-0.39, 0.29) is 11.8 Å². The Labute approximate surface area is 111 Å². The number of hydrogen-bond acceptors (Lipinski definition) is 5. The van der Waals surface area contributed by atoms with Crippen molar-refractivity contribution in [1.29, 1.82) is 0 Å². The predicted octanol–water partition coefficient (Wildman–Crippen LogP) is 0.816. The first kappa shape index (κ1) is 15.5. The molecule has 0 aliphatic carbocycles. The normalized spacial score (nSPS) is 12.5. The highest BCUT2D eigenvalue weighted by Crippen LogP contribution is 2.15. The molecule has 5 N–H and O–H groups in total. The summed E-state index contributed by atoms with van der Waals surface area (Å²) in [6.07, 6.45) is -2.93. The molecule has 106 valence electrons. The van der Waals surface area contributed by atoms with Crippen LogP contribution in [0.2, 0.25) is 0 Å². The zero-order chi connectivity index (χ0) is 14.3. The number of nitrogens with two attached hydrogens (primary N) is 2. The van der Waals surface area contributed by atoms with Crippen LogP contribution < -0.4 is 16.8 Å². The molecule has 1 aromatic heterocycles. The molecule has 1 rings (SSSR count). The van der Waals surface area contributed by atoms with Gasteiger partial charge in [-0.1, -0.05) is 11.8 Å². The predicted molar refractivity (Wildman–Crippen MR) is 68.0 cm³/mol. The van der Waals surface area contributed by atoms with E-state index in [1.165, 1.54) is 24.0 Å². The Morgan fingerprint density at radius 1 is 1.47 bits per heavy atom. The van der Waals surface area contributed by atoms with Gasteiger partial charge in [-0.25, -0.2) is 15.0 Å². The van der Waals surface area contributed by atoms with Gasteiger partial charge in [-0.05, 0) is 6.07 Å². The SMILES string of the molecule is NCCSc1nccc(N/C(N)=N\CC(F)(F)F)n1. The highest BCUT2D eigenvalue weighted by atomic mass is 32.2. The Morgan fingerprint density at radius 2 is 2.21 bits per heavy atom. The molecule has 0 saturated carbocycles. The summed E-state index contributed by atoms with van der Waals surface area (Å²) in [6, 6.07) is 1.47. The molecule has 10 heteroatoms. The molecule has 1 heterocycles. The van der Waals surface area contributed by atoms with Crippen LogP contribution in [0.4, 0.5) is 19.0 Å². The molecular weight excluding hydrogens is 281 g/mol. The zero-order valence-electron chi connectivity index (χ0n) is 9.81. The summed E-state index contributed by atoms with van der Waals surface area (Å²) >= 11 is 1.33. The fourth-order valence-electron chi connectivity index (χ4n) is 0.976. The van der Waals surface area contributed by atoms with Crippen LogP contribution in [-0.2, 0) is 0 Å². The van der Waals surface area contributed by atoms with E-state index in [1.807, 2.05) is 0 Å². The van der Waals surface area contributed by atoms with E-state index in [9.17, 15) is 13.2 Å². The number of aliphatic imine (C=N–C) groups is 1. The third kappa shape index (κ3) is 6.82. The molecule has 0 bridgehead atoms. The first-order chi connectivity index (χ1) is 8.90. The summed E-state index contributed by atoms with van der Waals surface area (Å²) in [5, 5.41) is 2.92. The van der Waals surface area contributed by atoms with E-state index in [1.54, 1.807) is 0 Å². The summed E-state index contributed by atoms with van der Waals surface area (Å²) in [6.45, 7) is -0.868. The molecule has 0 unspecified atom stereocenters. The number of guanidine groups is 1. The van der Waals surface area contributed by atoms with Crippen molar-refractivity contribution in [2.24, 2.45) is 16.5 Å². The van der Waals surface area contributed by atoms with Crippen LogP contribution in [0.25, 0.3) is 0 Å². The molecule has 0 spiro atoms. The average Bonchev–Trinajstić information content (AvgIpc) is 2.33. The van der Waals surface area contributed by atoms with Crippen LogP contribution in [0, 0.1) is 0 Å². The third-order valence-electron chi connectivity index (χ3n) is 1.67. The minimum atomic E-state index is -4.39. The van der Waals surface area contributed by atoms with Crippen LogP contribution in [0.15, 0.2) is 22.4 Å². The van der Waals surface area contributed by atoms with Gasteiger partial charge in [-0.15, -0.1) is 0 Å². The Balaban J connectivity index is 2.61. The summed E-state index contributed by atoms with van der Waals surface area (Å²) in [7, 11) is 0. The molecule has 0 aliphatic heterocycles. The van der Waals surface area contributed by atoms with Crippen molar-refractivity contribution in [2.75, 3.05) is 24.2 Å². The van der Waals surface area contributed by atoms with E-state index < -0.39 is 12.7 Å². The molecule has 0 saturated heterocycles. The molecule has 6 nitrogen and oxygen atoms in total. The lowest BCUT2D eigenvalue weighted by molar-refractivity contribution is -0.118. The van der Waals surface area contributed by atoms with Gasteiger partial charge in [0.25, 0.3) is 0 Å². The van der Waals surface area contributed by atoms with E-state index in [0.29, 0.717) is 17.5 Å². The van der Waals surface area contributed by atoms with E-state index in [2.05, 4.69) is 20.3 Å². The number of rotatable bonds is 5. The third-order valence-corrected chi connectivity index (χ3v) is 2.56. The minimum absolute atomic E-state index is 0.276. The van der Waals surface area contributed by atoms with Gasteiger partial charge in [0, 0.05) is 18.5 Å². The number of thioether (sulfide) groups is 1. The molecule has 0 aromatic carbocycles. The van der Waals surface area contributed by atoms with Gasteiger partial charge in [0.15, 0.2) is 11.1 Å². The number of halogens is 3. The number of nitrogens with one attached hydrogen (secondary N) is 1. The number of hydrogen-bond donors (Lipinski definition) is 3. The number of alkyl halides is 3.